The summed E-state index contributed by atoms with van der Waals surface area (Å²) in [6.45, 7) is -0.0618. The molecule has 1 atom stereocenters. The van der Waals surface area contributed by atoms with Crippen LogP contribution < -0.4 is 14.8 Å². The monoisotopic (exact) mass is 571 g/mol. The standard InChI is InChI=1S/C30H23ClFN5O4/c31-21-9-7-20(8-10-21)29(30(39)33-23-13-14-26-27(15-23)41-18-40-26)36(16-19-5-11-22(32)12-6-19)28(38)17-37-25-4-2-1-3-24(25)34-35-37/h1-15,29H,16-18H2,(H,33,39). The lowest BCUT2D eigenvalue weighted by Gasteiger charge is -2.31. The van der Waals surface area contributed by atoms with Gasteiger partial charge in [-0.2, -0.15) is 0 Å². The Morgan fingerprint density at radius 1 is 0.976 bits per heavy atom. The van der Waals surface area contributed by atoms with E-state index in [1.165, 1.54) is 21.7 Å². The van der Waals surface area contributed by atoms with E-state index in [0.717, 1.165) is 0 Å². The van der Waals surface area contributed by atoms with Crippen molar-refractivity contribution in [3.8, 4) is 11.5 Å². The molecule has 0 bridgehead atoms. The van der Waals surface area contributed by atoms with Gasteiger partial charge in [-0.1, -0.05) is 53.2 Å². The van der Waals surface area contributed by atoms with Crippen molar-refractivity contribution in [3.05, 3.63) is 113 Å². The summed E-state index contributed by atoms with van der Waals surface area (Å²) >= 11 is 6.16. The fourth-order valence-electron chi connectivity index (χ4n) is 4.67. The summed E-state index contributed by atoms with van der Waals surface area (Å²) in [6.07, 6.45) is 0. The van der Waals surface area contributed by atoms with Gasteiger partial charge in [0.2, 0.25) is 12.7 Å². The first-order chi connectivity index (χ1) is 19.9. The number of nitrogens with one attached hydrogen (secondary N) is 1. The van der Waals surface area contributed by atoms with Gasteiger partial charge in [-0.25, -0.2) is 9.07 Å². The summed E-state index contributed by atoms with van der Waals surface area (Å²) in [5, 5.41) is 11.7. The molecule has 1 N–H and O–H groups in total. The van der Waals surface area contributed by atoms with Gasteiger partial charge in [0.25, 0.3) is 5.91 Å². The fraction of sp³-hybridized carbons (Fsp3) is 0.133. The van der Waals surface area contributed by atoms with Gasteiger partial charge in [0.1, 0.15) is 23.9 Å². The molecule has 206 valence electrons. The molecule has 4 aromatic carbocycles. The molecular formula is C30H23ClFN5O4. The summed E-state index contributed by atoms with van der Waals surface area (Å²) in [7, 11) is 0. The number of carbonyl (C=O) groups excluding carboxylic acids is 2. The molecule has 6 rings (SSSR count). The first kappa shape index (κ1) is 26.3. The Labute approximate surface area is 239 Å². The zero-order valence-corrected chi connectivity index (χ0v) is 22.3. The number of halogens is 2. The van der Waals surface area contributed by atoms with Crippen molar-refractivity contribution in [3.63, 3.8) is 0 Å². The highest BCUT2D eigenvalue weighted by Crippen LogP contribution is 2.35. The molecule has 2 heterocycles. The number of hydrogen-bond acceptors (Lipinski definition) is 6. The molecule has 0 saturated carbocycles. The van der Waals surface area contributed by atoms with Crippen molar-refractivity contribution in [1.82, 2.24) is 19.9 Å². The van der Waals surface area contributed by atoms with Crippen molar-refractivity contribution in [2.45, 2.75) is 19.1 Å². The molecule has 0 radical (unpaired) electrons. The van der Waals surface area contributed by atoms with E-state index in [4.69, 9.17) is 21.1 Å². The Kier molecular flexibility index (Phi) is 7.22. The van der Waals surface area contributed by atoms with E-state index >= 15 is 0 Å². The van der Waals surface area contributed by atoms with Crippen LogP contribution in [0.1, 0.15) is 17.2 Å². The van der Waals surface area contributed by atoms with Crippen LogP contribution in [0.2, 0.25) is 5.02 Å². The van der Waals surface area contributed by atoms with Crippen molar-refractivity contribution in [2.24, 2.45) is 0 Å². The minimum absolute atomic E-state index is 0.0214. The second-order valence-electron chi connectivity index (χ2n) is 9.40. The number of hydrogen-bond donors (Lipinski definition) is 1. The quantitative estimate of drug-likeness (QED) is 0.269. The van der Waals surface area contributed by atoms with Crippen LogP contribution in [0.4, 0.5) is 10.1 Å². The van der Waals surface area contributed by atoms with Crippen molar-refractivity contribution in [1.29, 1.82) is 0 Å². The Hall–Kier alpha value is -4.96. The highest BCUT2D eigenvalue weighted by molar-refractivity contribution is 6.30. The van der Waals surface area contributed by atoms with Crippen LogP contribution in [0.5, 0.6) is 11.5 Å². The van der Waals surface area contributed by atoms with Gasteiger partial charge in [-0.15, -0.1) is 5.10 Å². The Bertz CT molecular complexity index is 1730. The maximum absolute atomic E-state index is 14.0. The van der Waals surface area contributed by atoms with Crippen molar-refractivity contribution in [2.75, 3.05) is 12.1 Å². The summed E-state index contributed by atoms with van der Waals surface area (Å²) in [5.41, 5.74) is 2.95. The lowest BCUT2D eigenvalue weighted by atomic mass is 10.0. The van der Waals surface area contributed by atoms with E-state index < -0.39 is 23.7 Å². The van der Waals surface area contributed by atoms with Crippen molar-refractivity contribution >= 4 is 40.1 Å². The molecule has 11 heteroatoms. The number of anilines is 1. The highest BCUT2D eigenvalue weighted by atomic mass is 35.5. The average Bonchev–Trinajstić information content (AvgIpc) is 3.61. The van der Waals surface area contributed by atoms with Crippen LogP contribution in [0.25, 0.3) is 11.0 Å². The fourth-order valence-corrected chi connectivity index (χ4v) is 4.79. The topological polar surface area (TPSA) is 98.6 Å². The van der Waals surface area contributed by atoms with Crippen LogP contribution in [0, 0.1) is 5.82 Å². The number of para-hydroxylation sites is 1. The molecule has 1 unspecified atom stereocenters. The largest absolute Gasteiger partial charge is 0.454 e. The Balaban J connectivity index is 1.38. The lowest BCUT2D eigenvalue weighted by Crippen LogP contribution is -2.42. The van der Waals surface area contributed by atoms with Crippen molar-refractivity contribution < 1.29 is 23.5 Å². The number of rotatable bonds is 8. The number of carbonyl (C=O) groups is 2. The first-order valence-electron chi connectivity index (χ1n) is 12.7. The van der Waals surface area contributed by atoms with E-state index in [1.807, 2.05) is 18.2 Å². The van der Waals surface area contributed by atoms with Crippen LogP contribution in [-0.4, -0.2) is 38.5 Å². The lowest BCUT2D eigenvalue weighted by molar-refractivity contribution is -0.140. The van der Waals surface area contributed by atoms with E-state index in [-0.39, 0.29) is 19.9 Å². The summed E-state index contributed by atoms with van der Waals surface area (Å²) in [5.74, 6) is -0.194. The number of ether oxygens (including phenoxy) is 2. The minimum atomic E-state index is -1.08. The normalized spacial score (nSPS) is 12.7. The number of amides is 2. The van der Waals surface area contributed by atoms with Gasteiger partial charge < -0.3 is 19.7 Å². The molecular weight excluding hydrogens is 549 g/mol. The van der Waals surface area contributed by atoms with Crippen LogP contribution in [0.15, 0.2) is 91.0 Å². The third-order valence-electron chi connectivity index (χ3n) is 6.68. The molecule has 0 aliphatic carbocycles. The molecule has 0 fully saturated rings. The third-order valence-corrected chi connectivity index (χ3v) is 6.93. The minimum Gasteiger partial charge on any atom is -0.454 e. The molecule has 0 spiro atoms. The van der Waals surface area contributed by atoms with Crippen LogP contribution in [-0.2, 0) is 22.7 Å². The van der Waals surface area contributed by atoms with Gasteiger partial charge in [-0.3, -0.25) is 9.59 Å². The van der Waals surface area contributed by atoms with E-state index in [9.17, 15) is 14.0 Å². The SMILES string of the molecule is O=C(Nc1ccc2c(c1)OCO2)C(c1ccc(Cl)cc1)N(Cc1ccc(F)cc1)C(=O)Cn1nnc2ccccc21. The van der Waals surface area contributed by atoms with E-state index in [0.29, 0.717) is 44.4 Å². The van der Waals surface area contributed by atoms with Gasteiger partial charge >= 0.3 is 0 Å². The smallest absolute Gasteiger partial charge is 0.251 e. The molecule has 9 nitrogen and oxygen atoms in total. The Morgan fingerprint density at radius 3 is 2.54 bits per heavy atom. The van der Waals surface area contributed by atoms with Gasteiger partial charge in [-0.05, 0) is 59.7 Å². The van der Waals surface area contributed by atoms with Gasteiger partial charge in [0, 0.05) is 23.3 Å². The average molecular weight is 572 g/mol. The Morgan fingerprint density at radius 2 is 1.73 bits per heavy atom. The highest BCUT2D eigenvalue weighted by Gasteiger charge is 2.32. The molecule has 5 aromatic rings. The van der Waals surface area contributed by atoms with Gasteiger partial charge in [0.15, 0.2) is 11.5 Å². The van der Waals surface area contributed by atoms with E-state index in [2.05, 4.69) is 15.6 Å². The second kappa shape index (κ2) is 11.3. The van der Waals surface area contributed by atoms with Gasteiger partial charge in [0.05, 0.1) is 5.52 Å². The molecule has 1 aliphatic rings. The zero-order valence-electron chi connectivity index (χ0n) is 21.5. The molecule has 1 aliphatic heterocycles. The maximum Gasteiger partial charge on any atom is 0.251 e. The second-order valence-corrected chi connectivity index (χ2v) is 9.83. The third kappa shape index (κ3) is 5.68. The summed E-state index contributed by atoms with van der Waals surface area (Å²) in [6, 6.07) is 23.7. The summed E-state index contributed by atoms with van der Waals surface area (Å²) in [4.78, 5) is 29.5. The first-order valence-corrected chi connectivity index (χ1v) is 13.1. The molecule has 41 heavy (non-hydrogen) atoms. The molecule has 2 amide bonds. The number of fused-ring (bicyclic) bond motifs is 2. The van der Waals surface area contributed by atoms with Crippen LogP contribution >= 0.6 is 11.6 Å². The number of benzene rings is 4. The number of nitrogens with zero attached hydrogens (tertiary/aromatic N) is 4. The predicted octanol–water partition coefficient (Wildman–Crippen LogP) is 5.36. The zero-order chi connectivity index (χ0) is 28.3. The maximum atomic E-state index is 14.0. The predicted molar refractivity (Wildman–Crippen MR) is 150 cm³/mol. The molecule has 1 aromatic heterocycles. The number of aromatic nitrogens is 3. The van der Waals surface area contributed by atoms with E-state index in [1.54, 1.807) is 60.7 Å². The molecule has 0 saturated heterocycles. The van der Waals surface area contributed by atoms with Crippen LogP contribution in [0.3, 0.4) is 0 Å². The summed E-state index contributed by atoms with van der Waals surface area (Å²) < 4.78 is 26.0.